The zero-order valence-corrected chi connectivity index (χ0v) is 20.9. The van der Waals surface area contributed by atoms with Crippen LogP contribution in [0.4, 0.5) is 8.78 Å². The first-order chi connectivity index (χ1) is 18.8. The van der Waals surface area contributed by atoms with Crippen molar-refractivity contribution in [1.29, 1.82) is 0 Å². The minimum absolute atomic E-state index is 0.116. The van der Waals surface area contributed by atoms with Gasteiger partial charge in [-0.05, 0) is 72.1 Å². The van der Waals surface area contributed by atoms with Gasteiger partial charge in [0.1, 0.15) is 12.5 Å². The highest BCUT2D eigenvalue weighted by molar-refractivity contribution is 7.90. The molecule has 6 nitrogen and oxygen atoms in total. The van der Waals surface area contributed by atoms with E-state index in [1.807, 2.05) is 10.6 Å². The monoisotopic (exact) mass is 529 g/mol. The van der Waals surface area contributed by atoms with Crippen LogP contribution in [0.3, 0.4) is 0 Å². The number of halogens is 2. The van der Waals surface area contributed by atoms with Crippen LogP contribution < -0.4 is 5.32 Å². The average Bonchev–Trinajstić information content (AvgIpc) is 3.24. The lowest BCUT2D eigenvalue weighted by Gasteiger charge is -2.17. The van der Waals surface area contributed by atoms with Crippen molar-refractivity contribution in [3.63, 3.8) is 0 Å². The molecule has 0 fully saturated rings. The van der Waals surface area contributed by atoms with E-state index in [9.17, 15) is 27.1 Å². The van der Waals surface area contributed by atoms with Gasteiger partial charge >= 0.3 is 0 Å². The molecule has 0 unspecified atom stereocenters. The minimum Gasteiger partial charge on any atom is -0.394 e. The van der Waals surface area contributed by atoms with E-state index in [1.165, 1.54) is 24.3 Å². The second kappa shape index (κ2) is 10.8. The van der Waals surface area contributed by atoms with Crippen molar-refractivity contribution in [3.8, 4) is 0 Å². The fourth-order valence-electron chi connectivity index (χ4n) is 4.37. The molecule has 1 amide bonds. The maximum absolute atomic E-state index is 13.6. The predicted molar refractivity (Wildman–Crippen MR) is 139 cm³/mol. The number of fused-ring (bicyclic) bond motifs is 1. The van der Waals surface area contributed by atoms with Gasteiger partial charge in [0, 0.05) is 38.9 Å². The number of hydrogen-bond acceptors (Lipinski definition) is 4. The number of rotatable bonds is 9. The molecule has 1 atom stereocenters. The Morgan fingerprint density at radius 2 is 1.86 bits per heavy atom. The van der Waals surface area contributed by atoms with E-state index in [0.717, 1.165) is 34.5 Å². The summed E-state index contributed by atoms with van der Waals surface area (Å²) in [5.74, 6) is -0.840. The molecule has 0 aliphatic heterocycles. The number of carbonyl (C=O) groups is 1. The minimum atomic E-state index is -4.53. The van der Waals surface area contributed by atoms with Crippen LogP contribution in [0.1, 0.15) is 42.9 Å². The Morgan fingerprint density at radius 3 is 2.51 bits per heavy atom. The van der Waals surface area contributed by atoms with Crippen molar-refractivity contribution in [3.05, 3.63) is 100 Å². The van der Waals surface area contributed by atoms with E-state index in [0.29, 0.717) is 17.4 Å². The number of aliphatic hydroxyl groups is 1. The van der Waals surface area contributed by atoms with Crippen LogP contribution in [0.15, 0.2) is 71.6 Å². The predicted octanol–water partition coefficient (Wildman–Crippen LogP) is 4.52. The van der Waals surface area contributed by atoms with Gasteiger partial charge < -0.3 is 15.0 Å². The van der Waals surface area contributed by atoms with E-state index in [-0.39, 0.29) is 17.9 Å². The third-order valence-corrected chi connectivity index (χ3v) is 7.21. The van der Waals surface area contributed by atoms with E-state index in [1.54, 1.807) is 31.2 Å². The molecule has 0 saturated heterocycles. The number of hydrogen-bond donors (Lipinski definition) is 2. The first kappa shape index (κ1) is 22.6. The summed E-state index contributed by atoms with van der Waals surface area (Å²) in [6, 6.07) is 15.4. The number of nitrogens with zero attached hydrogens (tertiary/aromatic N) is 1. The van der Waals surface area contributed by atoms with Gasteiger partial charge in [-0.25, -0.2) is 17.2 Å². The van der Waals surface area contributed by atoms with Crippen LogP contribution in [-0.2, 0) is 22.8 Å². The van der Waals surface area contributed by atoms with Gasteiger partial charge in [-0.15, -0.1) is 0 Å². The highest BCUT2D eigenvalue weighted by Crippen LogP contribution is 2.25. The second-order valence-electron chi connectivity index (χ2n) is 8.78. The molecule has 0 radical (unpaired) electrons. The number of amides is 1. The van der Waals surface area contributed by atoms with Crippen LogP contribution >= 0.6 is 0 Å². The van der Waals surface area contributed by atoms with E-state index in [2.05, 4.69) is 5.32 Å². The van der Waals surface area contributed by atoms with Crippen molar-refractivity contribution in [1.82, 2.24) is 9.88 Å². The van der Waals surface area contributed by atoms with Gasteiger partial charge in [0.2, 0.25) is 0 Å². The molecular weight excluding hydrogens is 498 g/mol. The zero-order valence-electron chi connectivity index (χ0n) is 23.0. The number of aromatic nitrogens is 1. The summed E-state index contributed by atoms with van der Waals surface area (Å²) in [5, 5.41) is 13.3. The van der Waals surface area contributed by atoms with Crippen LogP contribution in [0.2, 0.25) is 0 Å². The fourth-order valence-corrected chi connectivity index (χ4v) is 4.87. The molecule has 0 spiro atoms. The molecule has 9 heteroatoms. The quantitative estimate of drug-likeness (QED) is 0.334. The van der Waals surface area contributed by atoms with Gasteiger partial charge in [0.15, 0.2) is 9.84 Å². The number of aliphatic hydroxyl groups excluding tert-OH is 1. The summed E-state index contributed by atoms with van der Waals surface area (Å²) in [7, 11) is -4.53. The number of sulfone groups is 1. The molecule has 1 aromatic heterocycles. The molecule has 2 N–H and O–H groups in total. The maximum Gasteiger partial charge on any atom is 0.251 e. The number of benzene rings is 3. The molecular formula is C28H28F2N2O4S. The van der Waals surface area contributed by atoms with Crippen LogP contribution in [0.5, 0.6) is 0 Å². The van der Waals surface area contributed by atoms with E-state index >= 15 is 0 Å². The first-order valence-corrected chi connectivity index (χ1v) is 13.0. The SMILES string of the molecule is [2H]C([2H])([2H])S(=O)(=O)c1ccc([C@H](CO)NC(=O)c2ccc3c(c2)cc(Cc2ccc(F)cc2C)n3CCF)cc1. The molecule has 0 aliphatic rings. The normalized spacial score (nSPS) is 14.1. The highest BCUT2D eigenvalue weighted by atomic mass is 32.2. The Bertz CT molecular complexity index is 1650. The average molecular weight is 530 g/mol. The molecule has 0 saturated carbocycles. The molecule has 194 valence electrons. The Morgan fingerprint density at radius 1 is 1.11 bits per heavy atom. The largest absolute Gasteiger partial charge is 0.394 e. The third-order valence-electron chi connectivity index (χ3n) is 6.31. The van der Waals surface area contributed by atoms with Crippen LogP contribution in [0.25, 0.3) is 10.9 Å². The Hall–Kier alpha value is -3.56. The second-order valence-corrected chi connectivity index (χ2v) is 10.3. The van der Waals surface area contributed by atoms with Crippen molar-refractivity contribution < 1.29 is 31.2 Å². The Balaban J connectivity index is 1.58. The van der Waals surface area contributed by atoms with Gasteiger partial charge in [-0.2, -0.15) is 0 Å². The first-order valence-electron chi connectivity index (χ1n) is 13.0. The molecule has 37 heavy (non-hydrogen) atoms. The van der Waals surface area contributed by atoms with Gasteiger partial charge in [-0.3, -0.25) is 4.79 Å². The van der Waals surface area contributed by atoms with Crippen molar-refractivity contribution in [2.24, 2.45) is 0 Å². The highest BCUT2D eigenvalue weighted by Gasteiger charge is 2.18. The third kappa shape index (κ3) is 5.89. The summed E-state index contributed by atoms with van der Waals surface area (Å²) < 4.78 is 74.8. The summed E-state index contributed by atoms with van der Waals surface area (Å²) in [4.78, 5) is 12.7. The van der Waals surface area contributed by atoms with Crippen LogP contribution in [0, 0.1) is 12.7 Å². The lowest BCUT2D eigenvalue weighted by atomic mass is 10.0. The molecule has 0 bridgehead atoms. The Kier molecular flexibility index (Phi) is 6.62. The van der Waals surface area contributed by atoms with E-state index < -0.39 is 46.1 Å². The molecule has 1 heterocycles. The Labute approximate surface area is 218 Å². The lowest BCUT2D eigenvalue weighted by Crippen LogP contribution is -2.30. The lowest BCUT2D eigenvalue weighted by molar-refractivity contribution is 0.0916. The summed E-state index contributed by atoms with van der Waals surface area (Å²) >= 11 is 0. The standard InChI is InChI=1S/C28H28F2N2O4S/c1-18-13-23(30)7-3-20(18)15-24-16-22-14-21(6-10-27(22)32(24)12-11-29)28(34)31-26(17-33)19-4-8-25(9-5-19)37(2,35)36/h3-10,13-14,16,26,33H,11-12,15,17H2,1-2H3,(H,31,34)/t26-/m0/s1/i2D3. The van der Waals surface area contributed by atoms with Crippen LogP contribution in [-0.4, -0.2) is 43.5 Å². The van der Waals surface area contributed by atoms with Gasteiger partial charge in [0.25, 0.3) is 5.91 Å². The number of alkyl halides is 1. The van der Waals surface area contributed by atoms with Crippen molar-refractivity contribution >= 4 is 26.6 Å². The van der Waals surface area contributed by atoms with E-state index in [4.69, 9.17) is 4.11 Å². The number of aryl methyl sites for hydroxylation is 2. The number of nitrogens with one attached hydrogen (secondary N) is 1. The van der Waals surface area contributed by atoms with Crippen molar-refractivity contribution in [2.45, 2.75) is 30.8 Å². The molecule has 4 aromatic rings. The topological polar surface area (TPSA) is 88.4 Å². The molecule has 0 aliphatic carbocycles. The maximum atomic E-state index is 13.6. The summed E-state index contributed by atoms with van der Waals surface area (Å²) in [6.45, 7) is 0.838. The number of carbonyl (C=O) groups excluding carboxylic acids is 1. The van der Waals surface area contributed by atoms with Crippen molar-refractivity contribution in [2.75, 3.05) is 19.5 Å². The molecule has 4 rings (SSSR count). The zero-order chi connectivity index (χ0) is 29.2. The fraction of sp³-hybridized carbons (Fsp3) is 0.250. The van der Waals surface area contributed by atoms with Gasteiger partial charge in [0.05, 0.1) is 24.1 Å². The summed E-state index contributed by atoms with van der Waals surface area (Å²) in [6.07, 6.45) is -2.76. The van der Waals surface area contributed by atoms with Gasteiger partial charge in [-0.1, -0.05) is 18.2 Å². The smallest absolute Gasteiger partial charge is 0.251 e. The molecule has 3 aromatic carbocycles. The summed E-state index contributed by atoms with van der Waals surface area (Å²) in [5.41, 5.74) is 3.87.